The normalized spacial score (nSPS) is 22.0. The van der Waals surface area contributed by atoms with Gasteiger partial charge in [-0.1, -0.05) is 0 Å². The molecule has 0 bridgehead atoms. The fourth-order valence-electron chi connectivity index (χ4n) is 2.24. The fraction of sp³-hybridized carbons (Fsp3) is 0.615. The van der Waals surface area contributed by atoms with Crippen molar-refractivity contribution in [1.29, 1.82) is 0 Å². The Hall–Kier alpha value is -2.09. The molecule has 1 aliphatic rings. The van der Waals surface area contributed by atoms with Crippen molar-refractivity contribution in [3.63, 3.8) is 0 Å². The lowest BCUT2D eigenvalue weighted by Crippen LogP contribution is -2.49. The molecule has 2 rings (SSSR count). The molecule has 21 heavy (non-hydrogen) atoms. The first kappa shape index (κ1) is 15.3. The number of amides is 1. The molecule has 0 aromatic carbocycles. The molecule has 1 aromatic rings. The quantitative estimate of drug-likeness (QED) is 0.773. The van der Waals surface area contributed by atoms with Crippen LogP contribution in [0.15, 0.2) is 6.20 Å². The lowest BCUT2D eigenvalue weighted by molar-refractivity contribution is 0.0429. The monoisotopic (exact) mass is 297 g/mol. The Balaban J connectivity index is 2.27. The predicted octanol–water partition coefficient (Wildman–Crippen LogP) is 1.25. The van der Waals surface area contributed by atoms with Crippen LogP contribution in [0.1, 0.15) is 43.2 Å². The third-order valence-electron chi connectivity index (χ3n) is 3.11. The summed E-state index contributed by atoms with van der Waals surface area (Å²) >= 11 is 0. The van der Waals surface area contributed by atoms with E-state index in [0.717, 1.165) is 0 Å². The Morgan fingerprint density at radius 3 is 2.76 bits per heavy atom. The number of carboxylic acids is 1. The average Bonchev–Trinajstić information content (AvgIpc) is 2.93. The minimum atomic E-state index is -1.11. The maximum atomic E-state index is 12.0. The molecule has 1 atom stereocenters. The summed E-state index contributed by atoms with van der Waals surface area (Å²) in [5.74, 6) is -1.11. The topological polar surface area (TPSA) is 114 Å². The number of alkyl carbamates (subject to hydrolysis) is 1. The van der Waals surface area contributed by atoms with Crippen molar-refractivity contribution >= 4 is 12.1 Å². The summed E-state index contributed by atoms with van der Waals surface area (Å²) in [5, 5.41) is 18.3. The van der Waals surface area contributed by atoms with Crippen molar-refractivity contribution in [2.75, 3.05) is 13.2 Å². The van der Waals surface area contributed by atoms with Crippen LogP contribution < -0.4 is 5.32 Å². The van der Waals surface area contributed by atoms with E-state index in [1.165, 1.54) is 6.20 Å². The smallest absolute Gasteiger partial charge is 0.408 e. The number of carboxylic acid groups (broad SMARTS) is 1. The van der Waals surface area contributed by atoms with Gasteiger partial charge in [0.25, 0.3) is 0 Å². The molecule has 0 saturated carbocycles. The van der Waals surface area contributed by atoms with E-state index in [9.17, 15) is 14.7 Å². The summed E-state index contributed by atoms with van der Waals surface area (Å²) in [6, 6.07) is 0. The zero-order valence-electron chi connectivity index (χ0n) is 12.2. The summed E-state index contributed by atoms with van der Waals surface area (Å²) in [6.45, 7) is 5.83. The average molecular weight is 297 g/mol. The van der Waals surface area contributed by atoms with Gasteiger partial charge in [0, 0.05) is 13.0 Å². The first-order valence-corrected chi connectivity index (χ1v) is 6.60. The van der Waals surface area contributed by atoms with Crippen LogP contribution in [0.3, 0.4) is 0 Å². The van der Waals surface area contributed by atoms with Crippen molar-refractivity contribution in [1.82, 2.24) is 15.5 Å². The lowest BCUT2D eigenvalue weighted by atomic mass is 9.91. The van der Waals surface area contributed by atoms with E-state index in [-0.39, 0.29) is 12.2 Å². The largest absolute Gasteiger partial charge is 0.478 e. The number of rotatable bonds is 3. The van der Waals surface area contributed by atoms with E-state index in [1.54, 1.807) is 20.8 Å². The Morgan fingerprint density at radius 2 is 2.24 bits per heavy atom. The van der Waals surface area contributed by atoms with Gasteiger partial charge in [-0.05, 0) is 20.8 Å². The molecule has 0 aliphatic carbocycles. The predicted molar refractivity (Wildman–Crippen MR) is 72.0 cm³/mol. The third kappa shape index (κ3) is 3.33. The standard InChI is InChI=1S/C13H19N3O5/c1-12(2,3)21-11(19)15-13(4-5-20-7-13)9-8(10(17)18)6-14-16-9/h6H,4-5,7H2,1-3H3,(H,14,16)(H,15,19)(H,17,18). The van der Waals surface area contributed by atoms with Gasteiger partial charge in [0.2, 0.25) is 0 Å². The maximum Gasteiger partial charge on any atom is 0.408 e. The first-order valence-electron chi connectivity index (χ1n) is 6.60. The van der Waals surface area contributed by atoms with Crippen molar-refractivity contribution in [2.24, 2.45) is 0 Å². The second kappa shape index (κ2) is 5.36. The van der Waals surface area contributed by atoms with Crippen LogP contribution in [-0.2, 0) is 15.0 Å². The number of aromatic nitrogens is 2. The molecule has 1 amide bonds. The van der Waals surface area contributed by atoms with E-state index in [4.69, 9.17) is 9.47 Å². The Morgan fingerprint density at radius 1 is 1.52 bits per heavy atom. The molecule has 2 heterocycles. The number of nitrogens with zero attached hydrogens (tertiary/aromatic N) is 1. The Bertz CT molecular complexity index is 540. The number of carbonyl (C=O) groups is 2. The highest BCUT2D eigenvalue weighted by molar-refractivity contribution is 5.89. The zero-order valence-corrected chi connectivity index (χ0v) is 12.2. The summed E-state index contributed by atoms with van der Waals surface area (Å²) in [4.78, 5) is 23.3. The Kier molecular flexibility index (Phi) is 3.91. The van der Waals surface area contributed by atoms with Crippen molar-refractivity contribution in [2.45, 2.75) is 38.3 Å². The van der Waals surface area contributed by atoms with Crippen LogP contribution in [-0.4, -0.2) is 46.2 Å². The van der Waals surface area contributed by atoms with Gasteiger partial charge >= 0.3 is 12.1 Å². The summed E-state index contributed by atoms with van der Waals surface area (Å²) in [6.07, 6.45) is 1.03. The van der Waals surface area contributed by atoms with Gasteiger partial charge in [0.1, 0.15) is 16.7 Å². The minimum absolute atomic E-state index is 0.0107. The van der Waals surface area contributed by atoms with E-state index in [2.05, 4.69) is 15.5 Å². The van der Waals surface area contributed by atoms with Gasteiger partial charge in [0.05, 0.1) is 18.5 Å². The van der Waals surface area contributed by atoms with Crippen molar-refractivity contribution in [3.8, 4) is 0 Å². The fourth-order valence-corrected chi connectivity index (χ4v) is 2.24. The van der Waals surface area contributed by atoms with Gasteiger partial charge in [-0.25, -0.2) is 9.59 Å². The molecule has 1 aliphatic heterocycles. The molecule has 0 spiro atoms. The summed E-state index contributed by atoms with van der Waals surface area (Å²) < 4.78 is 10.6. The number of nitrogens with one attached hydrogen (secondary N) is 2. The van der Waals surface area contributed by atoms with E-state index in [0.29, 0.717) is 18.7 Å². The summed E-state index contributed by atoms with van der Waals surface area (Å²) in [5.41, 5.74) is -1.28. The van der Waals surface area contributed by atoms with E-state index < -0.39 is 23.2 Å². The molecule has 116 valence electrons. The number of aromatic amines is 1. The van der Waals surface area contributed by atoms with Crippen LogP contribution in [0.2, 0.25) is 0 Å². The number of H-pyrrole nitrogens is 1. The number of hydrogen-bond acceptors (Lipinski definition) is 5. The molecular formula is C13H19N3O5. The van der Waals surface area contributed by atoms with Gasteiger partial charge < -0.3 is 19.9 Å². The van der Waals surface area contributed by atoms with Crippen LogP contribution in [0.4, 0.5) is 4.79 Å². The molecule has 8 nitrogen and oxygen atoms in total. The van der Waals surface area contributed by atoms with E-state index >= 15 is 0 Å². The number of hydrogen-bond donors (Lipinski definition) is 3. The highest BCUT2D eigenvalue weighted by Crippen LogP contribution is 2.31. The molecular weight excluding hydrogens is 278 g/mol. The highest BCUT2D eigenvalue weighted by Gasteiger charge is 2.43. The van der Waals surface area contributed by atoms with Gasteiger partial charge in [-0.15, -0.1) is 0 Å². The number of carbonyl (C=O) groups excluding carboxylic acids is 1. The van der Waals surface area contributed by atoms with Gasteiger partial charge in [-0.3, -0.25) is 5.10 Å². The molecule has 1 fully saturated rings. The first-order chi connectivity index (χ1) is 9.73. The van der Waals surface area contributed by atoms with Crippen LogP contribution in [0.25, 0.3) is 0 Å². The second-order valence-corrected chi connectivity index (χ2v) is 5.98. The van der Waals surface area contributed by atoms with Crippen molar-refractivity contribution in [3.05, 3.63) is 17.5 Å². The SMILES string of the molecule is CC(C)(C)OC(=O)NC1(c2[nH]ncc2C(=O)O)CCOC1. The number of aromatic carboxylic acids is 1. The molecule has 8 heteroatoms. The lowest BCUT2D eigenvalue weighted by Gasteiger charge is -2.30. The van der Waals surface area contributed by atoms with Crippen LogP contribution in [0.5, 0.6) is 0 Å². The van der Waals surface area contributed by atoms with Gasteiger partial charge in [0.15, 0.2) is 0 Å². The molecule has 3 N–H and O–H groups in total. The summed E-state index contributed by atoms with van der Waals surface area (Å²) in [7, 11) is 0. The third-order valence-corrected chi connectivity index (χ3v) is 3.11. The zero-order chi connectivity index (χ0) is 15.7. The highest BCUT2D eigenvalue weighted by atomic mass is 16.6. The van der Waals surface area contributed by atoms with Crippen LogP contribution >= 0.6 is 0 Å². The minimum Gasteiger partial charge on any atom is -0.478 e. The Labute approximate surface area is 121 Å². The second-order valence-electron chi connectivity index (χ2n) is 5.98. The van der Waals surface area contributed by atoms with Crippen LogP contribution in [0, 0.1) is 0 Å². The molecule has 1 aromatic heterocycles. The van der Waals surface area contributed by atoms with Crippen molar-refractivity contribution < 1.29 is 24.2 Å². The molecule has 1 unspecified atom stereocenters. The maximum absolute atomic E-state index is 12.0. The van der Waals surface area contributed by atoms with E-state index in [1.807, 2.05) is 0 Å². The van der Waals surface area contributed by atoms with Gasteiger partial charge in [-0.2, -0.15) is 5.10 Å². The molecule has 0 radical (unpaired) electrons. The number of ether oxygens (including phenoxy) is 2. The molecule has 1 saturated heterocycles.